The predicted molar refractivity (Wildman–Crippen MR) is 112 cm³/mol. The highest BCUT2D eigenvalue weighted by molar-refractivity contribution is 5.94. The molecule has 28 heavy (non-hydrogen) atoms. The summed E-state index contributed by atoms with van der Waals surface area (Å²) in [5.41, 5.74) is 5.79. The van der Waals surface area contributed by atoms with Crippen molar-refractivity contribution in [2.24, 2.45) is 0 Å². The molecule has 2 aromatic carbocycles. The number of aromatic amines is 1. The molecule has 0 aliphatic carbocycles. The Bertz CT molecular complexity index is 1130. The van der Waals surface area contributed by atoms with Crippen LogP contribution >= 0.6 is 0 Å². The van der Waals surface area contributed by atoms with Crippen LogP contribution in [0.25, 0.3) is 22.2 Å². The minimum Gasteiger partial charge on any atom is -0.497 e. The monoisotopic (exact) mass is 370 g/mol. The zero-order valence-corrected chi connectivity index (χ0v) is 16.0. The van der Waals surface area contributed by atoms with Crippen LogP contribution in [0.1, 0.15) is 35.1 Å². The fraction of sp³-hybridized carbons (Fsp3) is 0.167. The normalized spacial score (nSPS) is 10.9. The number of hydrogen-bond donors (Lipinski definition) is 1. The van der Waals surface area contributed by atoms with Crippen LogP contribution in [0.4, 0.5) is 0 Å². The third-order valence-electron chi connectivity index (χ3n) is 4.95. The number of hydrogen-bond acceptors (Lipinski definition) is 3. The summed E-state index contributed by atoms with van der Waals surface area (Å²) in [4.78, 5) is 20.2. The molecule has 4 heteroatoms. The number of methoxy groups -OCH3 is 1. The predicted octanol–water partition coefficient (Wildman–Crippen LogP) is 5.42. The van der Waals surface area contributed by atoms with Crippen molar-refractivity contribution in [3.8, 4) is 17.0 Å². The average Bonchev–Trinajstić information content (AvgIpc) is 3.11. The molecule has 0 saturated carbocycles. The van der Waals surface area contributed by atoms with Gasteiger partial charge in [-0.3, -0.25) is 4.79 Å². The molecule has 4 rings (SSSR count). The molecule has 0 unspecified atom stereocenters. The second-order valence-corrected chi connectivity index (χ2v) is 6.72. The zero-order chi connectivity index (χ0) is 19.5. The smallest absolute Gasteiger partial charge is 0.180 e. The van der Waals surface area contributed by atoms with Crippen molar-refractivity contribution in [2.45, 2.75) is 19.8 Å². The van der Waals surface area contributed by atoms with Gasteiger partial charge < -0.3 is 9.72 Å². The highest BCUT2D eigenvalue weighted by Crippen LogP contribution is 2.33. The molecule has 2 heterocycles. The topological polar surface area (TPSA) is 55.0 Å². The Morgan fingerprint density at radius 3 is 2.61 bits per heavy atom. The first-order valence-corrected chi connectivity index (χ1v) is 9.42. The van der Waals surface area contributed by atoms with Gasteiger partial charge in [-0.05, 0) is 35.4 Å². The van der Waals surface area contributed by atoms with Gasteiger partial charge in [-0.1, -0.05) is 43.3 Å². The van der Waals surface area contributed by atoms with E-state index >= 15 is 0 Å². The van der Waals surface area contributed by atoms with Gasteiger partial charge in [0.1, 0.15) is 11.4 Å². The van der Waals surface area contributed by atoms with Gasteiger partial charge in [0.25, 0.3) is 0 Å². The highest BCUT2D eigenvalue weighted by atomic mass is 16.5. The summed E-state index contributed by atoms with van der Waals surface area (Å²) in [5.74, 6) is 0.877. The van der Waals surface area contributed by atoms with Gasteiger partial charge in [0.15, 0.2) is 5.78 Å². The summed E-state index contributed by atoms with van der Waals surface area (Å²) in [6.45, 7) is 1.86. The molecule has 0 bridgehead atoms. The van der Waals surface area contributed by atoms with Gasteiger partial charge in [0, 0.05) is 35.5 Å². The summed E-state index contributed by atoms with van der Waals surface area (Å²) in [7, 11) is 1.67. The van der Waals surface area contributed by atoms with Crippen LogP contribution in [0.15, 0.2) is 66.7 Å². The van der Waals surface area contributed by atoms with Gasteiger partial charge in [-0.25, -0.2) is 4.98 Å². The van der Waals surface area contributed by atoms with Crippen LogP contribution < -0.4 is 4.74 Å². The lowest BCUT2D eigenvalue weighted by molar-refractivity contribution is 0.0983. The third kappa shape index (κ3) is 3.41. The number of H-pyrrole nitrogens is 1. The number of aromatic nitrogens is 2. The van der Waals surface area contributed by atoms with E-state index in [1.54, 1.807) is 13.2 Å². The lowest BCUT2D eigenvalue weighted by Gasteiger charge is -2.07. The van der Waals surface area contributed by atoms with Gasteiger partial charge in [-0.2, -0.15) is 0 Å². The second kappa shape index (κ2) is 7.69. The number of carbonyl (C=O) groups is 1. The summed E-state index contributed by atoms with van der Waals surface area (Å²) in [6.07, 6.45) is 1.10. The van der Waals surface area contributed by atoms with E-state index in [2.05, 4.69) is 28.2 Å². The molecule has 2 aromatic heterocycles. The Hall–Kier alpha value is -3.40. The van der Waals surface area contributed by atoms with Crippen molar-refractivity contribution in [2.75, 3.05) is 7.11 Å². The van der Waals surface area contributed by atoms with E-state index in [9.17, 15) is 4.79 Å². The van der Waals surface area contributed by atoms with E-state index in [0.29, 0.717) is 18.5 Å². The Morgan fingerprint density at radius 2 is 1.86 bits per heavy atom. The molecular formula is C24H22N2O2. The van der Waals surface area contributed by atoms with Crippen LogP contribution in [-0.4, -0.2) is 22.9 Å². The van der Waals surface area contributed by atoms with E-state index in [-0.39, 0.29) is 5.78 Å². The maximum atomic E-state index is 12.1. The first-order valence-electron chi connectivity index (χ1n) is 9.42. The highest BCUT2D eigenvalue weighted by Gasteiger charge is 2.15. The molecule has 0 aliphatic rings. The maximum absolute atomic E-state index is 12.1. The Morgan fingerprint density at radius 1 is 1.04 bits per heavy atom. The number of pyridine rings is 1. The Labute approximate surface area is 164 Å². The molecule has 0 saturated heterocycles. The van der Waals surface area contributed by atoms with Crippen LogP contribution in [0.3, 0.4) is 0 Å². The zero-order valence-electron chi connectivity index (χ0n) is 16.0. The average molecular weight is 370 g/mol. The fourth-order valence-corrected chi connectivity index (χ4v) is 3.49. The molecule has 0 fully saturated rings. The van der Waals surface area contributed by atoms with Gasteiger partial charge in [0.2, 0.25) is 0 Å². The molecule has 0 aliphatic heterocycles. The summed E-state index contributed by atoms with van der Waals surface area (Å²) >= 11 is 0. The van der Waals surface area contributed by atoms with Gasteiger partial charge in [0.05, 0.1) is 12.8 Å². The Kier molecular flexibility index (Phi) is 4.94. The van der Waals surface area contributed by atoms with Crippen molar-refractivity contribution in [3.63, 3.8) is 0 Å². The van der Waals surface area contributed by atoms with Crippen LogP contribution in [0.5, 0.6) is 5.75 Å². The first-order chi connectivity index (χ1) is 13.7. The number of rotatable bonds is 6. The minimum atomic E-state index is 0.0637. The second-order valence-electron chi connectivity index (χ2n) is 6.72. The third-order valence-corrected chi connectivity index (χ3v) is 4.95. The van der Waals surface area contributed by atoms with Crippen LogP contribution in [-0.2, 0) is 6.42 Å². The molecule has 0 atom stereocenters. The van der Waals surface area contributed by atoms with Crippen molar-refractivity contribution < 1.29 is 9.53 Å². The molecule has 4 aromatic rings. The number of ether oxygens (including phenoxy) is 1. The summed E-state index contributed by atoms with van der Waals surface area (Å²) in [5, 5.41) is 1.13. The van der Waals surface area contributed by atoms with Crippen LogP contribution in [0, 0.1) is 0 Å². The van der Waals surface area contributed by atoms with E-state index in [4.69, 9.17) is 4.74 Å². The number of benzene rings is 2. The largest absolute Gasteiger partial charge is 0.497 e. The fourth-order valence-electron chi connectivity index (χ4n) is 3.49. The van der Waals surface area contributed by atoms with Crippen LogP contribution in [0.2, 0.25) is 0 Å². The SMILES string of the molecule is CCC(=O)c1cccc(Cc2c(-c3ccccc3)[nH]c3cc(OC)ccc23)n1. The van der Waals surface area contributed by atoms with E-state index < -0.39 is 0 Å². The van der Waals surface area contributed by atoms with E-state index in [1.165, 1.54) is 0 Å². The standard InChI is InChI=1S/C24H22N2O2/c1-3-23(27)21-11-7-10-17(25-21)14-20-19-13-12-18(28-2)15-22(19)26-24(20)16-8-5-4-6-9-16/h4-13,15,26H,3,14H2,1-2H3. The number of fused-ring (bicyclic) bond motifs is 1. The number of ketones is 1. The van der Waals surface area contributed by atoms with Gasteiger partial charge >= 0.3 is 0 Å². The summed E-state index contributed by atoms with van der Waals surface area (Å²) < 4.78 is 5.38. The molecule has 4 nitrogen and oxygen atoms in total. The van der Waals surface area contributed by atoms with Gasteiger partial charge in [-0.15, -0.1) is 0 Å². The number of nitrogens with one attached hydrogen (secondary N) is 1. The molecular weight excluding hydrogens is 348 g/mol. The summed E-state index contributed by atoms with van der Waals surface area (Å²) in [6, 6.07) is 22.0. The van der Waals surface area contributed by atoms with Crippen molar-refractivity contribution >= 4 is 16.7 Å². The quantitative estimate of drug-likeness (QED) is 0.461. The van der Waals surface area contributed by atoms with E-state index in [1.807, 2.05) is 49.4 Å². The Balaban J connectivity index is 1.84. The minimum absolute atomic E-state index is 0.0637. The first kappa shape index (κ1) is 18.0. The van der Waals surface area contributed by atoms with Crippen molar-refractivity contribution in [1.29, 1.82) is 0 Å². The number of nitrogens with zero attached hydrogens (tertiary/aromatic N) is 1. The number of Topliss-reactive ketones (excluding diaryl/α,β-unsaturated/α-hetero) is 1. The molecule has 0 amide bonds. The number of carbonyl (C=O) groups excluding carboxylic acids is 1. The van der Waals surface area contributed by atoms with Crippen molar-refractivity contribution in [1.82, 2.24) is 9.97 Å². The van der Waals surface area contributed by atoms with Crippen molar-refractivity contribution in [3.05, 3.63) is 83.7 Å². The molecule has 0 radical (unpaired) electrons. The lowest BCUT2D eigenvalue weighted by atomic mass is 10.0. The molecule has 0 spiro atoms. The molecule has 1 N–H and O–H groups in total. The maximum Gasteiger partial charge on any atom is 0.180 e. The lowest BCUT2D eigenvalue weighted by Crippen LogP contribution is -2.03. The van der Waals surface area contributed by atoms with E-state index in [0.717, 1.165) is 39.2 Å². The molecule has 140 valence electrons.